The second kappa shape index (κ2) is 14.4. The predicted molar refractivity (Wildman–Crippen MR) is 138 cm³/mol. The first kappa shape index (κ1) is 27.4. The van der Waals surface area contributed by atoms with E-state index in [1.165, 1.54) is 11.8 Å². The van der Waals surface area contributed by atoms with Gasteiger partial charge in [-0.05, 0) is 48.2 Å². The summed E-state index contributed by atoms with van der Waals surface area (Å²) in [6.45, 7) is 4.95. The number of carbonyl (C=O) groups is 2. The van der Waals surface area contributed by atoms with Gasteiger partial charge in [0.15, 0.2) is 0 Å². The quantitative estimate of drug-likeness (QED) is 0.337. The highest BCUT2D eigenvalue weighted by atomic mass is 35.5. The second-order valence-corrected chi connectivity index (χ2v) is 9.43. The minimum Gasteiger partial charge on any atom is -0.497 e. The Morgan fingerprint density at radius 1 is 1.09 bits per heavy atom. The Labute approximate surface area is 211 Å². The Morgan fingerprint density at radius 2 is 1.76 bits per heavy atom. The fourth-order valence-electron chi connectivity index (χ4n) is 3.35. The average Bonchev–Trinajstić information content (AvgIpc) is 2.81. The number of amides is 2. The van der Waals surface area contributed by atoms with Crippen LogP contribution in [-0.4, -0.2) is 42.2 Å². The number of benzene rings is 2. The van der Waals surface area contributed by atoms with Crippen LogP contribution in [0.15, 0.2) is 42.5 Å². The fraction of sp³-hybridized carbons (Fsp3) is 0.440. The molecule has 0 aromatic heterocycles. The summed E-state index contributed by atoms with van der Waals surface area (Å²) in [6.07, 6.45) is 2.43. The highest BCUT2D eigenvalue weighted by Crippen LogP contribution is 2.28. The van der Waals surface area contributed by atoms with Crippen molar-refractivity contribution in [2.24, 2.45) is 0 Å². The molecule has 0 radical (unpaired) electrons. The smallest absolute Gasteiger partial charge is 0.242 e. The number of halogens is 2. The molecule has 0 unspecified atom stereocenters. The van der Waals surface area contributed by atoms with E-state index < -0.39 is 6.04 Å². The summed E-state index contributed by atoms with van der Waals surface area (Å²) < 4.78 is 5.23. The molecular formula is C25H32Cl2N2O3S. The van der Waals surface area contributed by atoms with Gasteiger partial charge in [-0.25, -0.2) is 0 Å². The minimum absolute atomic E-state index is 0.100. The molecule has 2 aromatic carbocycles. The van der Waals surface area contributed by atoms with E-state index >= 15 is 0 Å². The van der Waals surface area contributed by atoms with Crippen molar-refractivity contribution in [3.05, 3.63) is 63.6 Å². The van der Waals surface area contributed by atoms with Gasteiger partial charge in [0.2, 0.25) is 11.8 Å². The molecule has 2 amide bonds. The van der Waals surface area contributed by atoms with Gasteiger partial charge < -0.3 is 15.0 Å². The molecule has 1 N–H and O–H groups in total. The molecule has 180 valence electrons. The van der Waals surface area contributed by atoms with Gasteiger partial charge in [-0.15, -0.1) is 11.8 Å². The third-order valence-corrected chi connectivity index (χ3v) is 6.91. The zero-order valence-corrected chi connectivity index (χ0v) is 21.7. The van der Waals surface area contributed by atoms with E-state index in [-0.39, 0.29) is 17.6 Å². The summed E-state index contributed by atoms with van der Waals surface area (Å²) in [7, 11) is 1.61. The maximum atomic E-state index is 13.3. The van der Waals surface area contributed by atoms with Gasteiger partial charge in [-0.1, -0.05) is 61.7 Å². The van der Waals surface area contributed by atoms with E-state index in [1.54, 1.807) is 30.2 Å². The maximum absolute atomic E-state index is 13.3. The summed E-state index contributed by atoms with van der Waals surface area (Å²) in [4.78, 5) is 27.9. The Morgan fingerprint density at radius 3 is 2.33 bits per heavy atom. The van der Waals surface area contributed by atoms with Crippen molar-refractivity contribution >= 4 is 46.8 Å². The number of unbranched alkanes of at least 4 members (excludes halogenated alkanes) is 1. The molecule has 33 heavy (non-hydrogen) atoms. The number of hydrogen-bond donors (Lipinski definition) is 1. The molecule has 0 bridgehead atoms. The molecule has 8 heteroatoms. The van der Waals surface area contributed by atoms with Crippen molar-refractivity contribution in [3.8, 4) is 5.75 Å². The van der Waals surface area contributed by atoms with Crippen molar-refractivity contribution in [1.82, 2.24) is 10.2 Å². The second-order valence-electron chi connectivity index (χ2n) is 7.63. The number of methoxy groups -OCH3 is 1. The van der Waals surface area contributed by atoms with Crippen LogP contribution in [0.1, 0.15) is 44.2 Å². The SMILES string of the molecule is CCCCNC(=O)[C@H](CC)N(Cc1ccc(OC)cc1)C(=O)CSCc1c(Cl)cccc1Cl. The van der Waals surface area contributed by atoms with E-state index in [0.29, 0.717) is 35.3 Å². The Kier molecular flexibility index (Phi) is 11.9. The van der Waals surface area contributed by atoms with Crippen molar-refractivity contribution < 1.29 is 14.3 Å². The van der Waals surface area contributed by atoms with Crippen LogP contribution < -0.4 is 10.1 Å². The van der Waals surface area contributed by atoms with Crippen LogP contribution in [0, 0.1) is 0 Å². The normalized spacial score (nSPS) is 11.7. The van der Waals surface area contributed by atoms with Gasteiger partial charge in [0.25, 0.3) is 0 Å². The average molecular weight is 512 g/mol. The molecule has 5 nitrogen and oxygen atoms in total. The zero-order valence-electron chi connectivity index (χ0n) is 19.4. The van der Waals surface area contributed by atoms with Gasteiger partial charge in [0.1, 0.15) is 11.8 Å². The minimum atomic E-state index is -0.541. The molecule has 2 aromatic rings. The maximum Gasteiger partial charge on any atom is 0.242 e. The lowest BCUT2D eigenvalue weighted by atomic mass is 10.1. The molecule has 0 spiro atoms. The fourth-order valence-corrected chi connectivity index (χ4v) is 4.99. The molecule has 0 fully saturated rings. The van der Waals surface area contributed by atoms with Crippen LogP contribution in [-0.2, 0) is 21.9 Å². The largest absolute Gasteiger partial charge is 0.497 e. The van der Waals surface area contributed by atoms with Crippen LogP contribution in [0.5, 0.6) is 5.75 Å². The highest BCUT2D eigenvalue weighted by molar-refractivity contribution is 7.99. The van der Waals surface area contributed by atoms with Crippen LogP contribution in [0.25, 0.3) is 0 Å². The summed E-state index contributed by atoms with van der Waals surface area (Å²) in [5, 5.41) is 4.14. The van der Waals surface area contributed by atoms with Crippen LogP contribution in [0.2, 0.25) is 10.0 Å². The first-order chi connectivity index (χ1) is 15.9. The lowest BCUT2D eigenvalue weighted by molar-refractivity contribution is -0.139. The molecule has 0 heterocycles. The first-order valence-corrected chi connectivity index (χ1v) is 13.0. The number of hydrogen-bond acceptors (Lipinski definition) is 4. The van der Waals surface area contributed by atoms with E-state index in [2.05, 4.69) is 12.2 Å². The van der Waals surface area contributed by atoms with Crippen LogP contribution in [0.4, 0.5) is 0 Å². The number of ether oxygens (including phenoxy) is 1. The Hall–Kier alpha value is -1.89. The molecule has 0 aliphatic carbocycles. The molecule has 0 aliphatic rings. The van der Waals surface area contributed by atoms with Gasteiger partial charge in [-0.2, -0.15) is 0 Å². The topological polar surface area (TPSA) is 58.6 Å². The van der Waals surface area contributed by atoms with Crippen molar-refractivity contribution in [3.63, 3.8) is 0 Å². The standard InChI is InChI=1S/C25H32Cl2N2O3S/c1-4-6-14-28-25(31)23(5-2)29(15-18-10-12-19(32-3)13-11-18)24(30)17-33-16-20-21(26)8-7-9-22(20)27/h7-13,23H,4-6,14-17H2,1-3H3,(H,28,31)/t23-/m0/s1. The molecule has 0 saturated heterocycles. The molecular weight excluding hydrogens is 479 g/mol. The predicted octanol–water partition coefficient (Wildman–Crippen LogP) is 5.96. The van der Waals surface area contributed by atoms with Crippen molar-refractivity contribution in [1.29, 1.82) is 0 Å². The Bertz CT molecular complexity index is 889. The van der Waals surface area contributed by atoms with Gasteiger partial charge in [0.05, 0.1) is 12.9 Å². The van der Waals surface area contributed by atoms with Gasteiger partial charge in [0, 0.05) is 28.9 Å². The summed E-state index contributed by atoms with van der Waals surface area (Å²) in [5.74, 6) is 1.26. The third-order valence-electron chi connectivity index (χ3n) is 5.26. The van der Waals surface area contributed by atoms with E-state index in [0.717, 1.165) is 29.7 Å². The molecule has 1 atom stereocenters. The highest BCUT2D eigenvalue weighted by Gasteiger charge is 2.28. The molecule has 0 saturated carbocycles. The van der Waals surface area contributed by atoms with Crippen molar-refractivity contribution in [2.75, 3.05) is 19.4 Å². The number of thioether (sulfide) groups is 1. The molecule has 0 aliphatic heterocycles. The van der Waals surface area contributed by atoms with Gasteiger partial charge in [-0.3, -0.25) is 9.59 Å². The number of nitrogens with zero attached hydrogens (tertiary/aromatic N) is 1. The van der Waals surface area contributed by atoms with Gasteiger partial charge >= 0.3 is 0 Å². The number of rotatable bonds is 13. The first-order valence-electron chi connectivity index (χ1n) is 11.1. The Balaban J connectivity index is 2.14. The molecule has 2 rings (SSSR count). The van der Waals surface area contributed by atoms with Crippen molar-refractivity contribution in [2.45, 2.75) is 51.4 Å². The monoisotopic (exact) mass is 510 g/mol. The lowest BCUT2D eigenvalue weighted by Gasteiger charge is -2.30. The summed E-state index contributed by atoms with van der Waals surface area (Å²) in [5.41, 5.74) is 1.74. The van der Waals surface area contributed by atoms with Crippen LogP contribution >= 0.6 is 35.0 Å². The van der Waals surface area contributed by atoms with E-state index in [9.17, 15) is 9.59 Å². The summed E-state index contributed by atoms with van der Waals surface area (Å²) in [6, 6.07) is 12.4. The lowest BCUT2D eigenvalue weighted by Crippen LogP contribution is -2.49. The van der Waals surface area contributed by atoms with E-state index in [4.69, 9.17) is 27.9 Å². The summed E-state index contributed by atoms with van der Waals surface area (Å²) >= 11 is 14.0. The van der Waals surface area contributed by atoms with E-state index in [1.807, 2.05) is 31.2 Å². The number of nitrogens with one attached hydrogen (secondary N) is 1. The zero-order chi connectivity index (χ0) is 24.2. The third kappa shape index (κ3) is 8.43. The number of carbonyl (C=O) groups excluding carboxylic acids is 2. The van der Waals surface area contributed by atoms with Crippen LogP contribution in [0.3, 0.4) is 0 Å².